The first-order valence-electron chi connectivity index (χ1n) is 7.35. The molecule has 0 aliphatic carbocycles. The molecule has 0 aromatic rings. The van der Waals surface area contributed by atoms with Crippen LogP contribution in [0.2, 0.25) is 0 Å². The summed E-state index contributed by atoms with van der Waals surface area (Å²) >= 11 is 0. The predicted octanol–water partition coefficient (Wildman–Crippen LogP) is 0.261. The number of nitrogens with one attached hydrogen (secondary N) is 2. The second kappa shape index (κ2) is 15.6. The van der Waals surface area contributed by atoms with Crippen molar-refractivity contribution >= 4 is 36.4 Å². The van der Waals surface area contributed by atoms with E-state index < -0.39 is 5.41 Å². The molecule has 8 heteroatoms. The van der Waals surface area contributed by atoms with Gasteiger partial charge < -0.3 is 22.1 Å². The van der Waals surface area contributed by atoms with Gasteiger partial charge in [-0.2, -0.15) is 0 Å². The minimum Gasteiger partial charge on any atom is -0.330 e. The number of rotatable bonds is 13. The second-order valence-electron chi connectivity index (χ2n) is 5.17. The van der Waals surface area contributed by atoms with Gasteiger partial charge in [-0.15, -0.1) is 24.8 Å². The third-order valence-corrected chi connectivity index (χ3v) is 3.64. The highest BCUT2D eigenvalue weighted by molar-refractivity contribution is 6.05. The molecular weight excluding hydrogens is 327 g/mol. The summed E-state index contributed by atoms with van der Waals surface area (Å²) in [6.07, 6.45) is 3.04. The summed E-state index contributed by atoms with van der Waals surface area (Å²) < 4.78 is 0. The zero-order valence-electron chi connectivity index (χ0n) is 13.7. The van der Waals surface area contributed by atoms with Crippen molar-refractivity contribution in [2.24, 2.45) is 16.9 Å². The van der Waals surface area contributed by atoms with E-state index in [-0.39, 0.29) is 42.9 Å². The standard InChI is InChI=1S/C14H30N4O2.2ClH/c1-12(19)14(10-16,13(2)20)11-18-8-4-3-7-17-9-5-6-15;;/h17-18H,3-11,15-16H2,1-2H3;2*1H. The summed E-state index contributed by atoms with van der Waals surface area (Å²) in [5.41, 5.74) is 9.96. The molecule has 0 aromatic carbocycles. The smallest absolute Gasteiger partial charge is 0.145 e. The van der Waals surface area contributed by atoms with Crippen molar-refractivity contribution in [3.8, 4) is 0 Å². The quantitative estimate of drug-likeness (QED) is 0.277. The highest BCUT2D eigenvalue weighted by Crippen LogP contribution is 2.17. The van der Waals surface area contributed by atoms with E-state index in [1.54, 1.807) is 0 Å². The molecule has 0 heterocycles. The lowest BCUT2D eigenvalue weighted by atomic mass is 9.80. The minimum absolute atomic E-state index is 0. The molecule has 0 spiro atoms. The van der Waals surface area contributed by atoms with Gasteiger partial charge in [0.1, 0.15) is 17.0 Å². The molecule has 0 fully saturated rings. The van der Waals surface area contributed by atoms with Crippen molar-refractivity contribution < 1.29 is 9.59 Å². The van der Waals surface area contributed by atoms with Crippen LogP contribution in [-0.4, -0.2) is 50.8 Å². The first kappa shape index (κ1) is 26.6. The number of Topliss-reactive ketones (excluding diaryl/α,β-unsaturated/α-hetero) is 2. The number of halogens is 2. The van der Waals surface area contributed by atoms with E-state index in [0.717, 1.165) is 38.9 Å². The van der Waals surface area contributed by atoms with Crippen LogP contribution in [0.1, 0.15) is 33.1 Å². The molecule has 0 aliphatic heterocycles. The largest absolute Gasteiger partial charge is 0.330 e. The molecule has 0 saturated carbocycles. The summed E-state index contributed by atoms with van der Waals surface area (Å²) in [4.78, 5) is 23.3. The third kappa shape index (κ3) is 9.71. The maximum absolute atomic E-state index is 11.6. The molecule has 0 bridgehead atoms. The molecule has 0 saturated heterocycles. The van der Waals surface area contributed by atoms with E-state index in [1.165, 1.54) is 13.8 Å². The van der Waals surface area contributed by atoms with Crippen LogP contribution in [0, 0.1) is 5.41 Å². The Kier molecular flexibility index (Phi) is 19.0. The van der Waals surface area contributed by atoms with Gasteiger partial charge in [-0.05, 0) is 59.3 Å². The third-order valence-electron chi connectivity index (χ3n) is 3.64. The van der Waals surface area contributed by atoms with Crippen LogP contribution in [-0.2, 0) is 9.59 Å². The predicted molar refractivity (Wildman–Crippen MR) is 96.0 cm³/mol. The van der Waals surface area contributed by atoms with Gasteiger partial charge in [0.05, 0.1) is 0 Å². The molecule has 134 valence electrons. The van der Waals surface area contributed by atoms with Crippen LogP contribution in [0.5, 0.6) is 0 Å². The number of carbonyl (C=O) groups excluding carboxylic acids is 2. The Balaban J connectivity index is -0.00000180. The SMILES string of the molecule is CC(=O)C(CN)(CNCCCCNCCCN)C(C)=O.Cl.Cl. The van der Waals surface area contributed by atoms with Crippen molar-refractivity contribution in [1.82, 2.24) is 10.6 Å². The van der Waals surface area contributed by atoms with Gasteiger partial charge in [0.25, 0.3) is 0 Å². The van der Waals surface area contributed by atoms with Gasteiger partial charge in [-0.1, -0.05) is 0 Å². The van der Waals surface area contributed by atoms with Crippen LogP contribution < -0.4 is 22.1 Å². The number of carbonyl (C=O) groups is 2. The lowest BCUT2D eigenvalue weighted by Crippen LogP contribution is -2.50. The molecule has 0 rings (SSSR count). The normalized spacial score (nSPS) is 10.5. The van der Waals surface area contributed by atoms with Gasteiger partial charge in [-0.3, -0.25) is 9.59 Å². The molecule has 0 atom stereocenters. The fraction of sp³-hybridized carbons (Fsp3) is 0.857. The second-order valence-corrected chi connectivity index (χ2v) is 5.17. The van der Waals surface area contributed by atoms with Gasteiger partial charge >= 0.3 is 0 Å². The van der Waals surface area contributed by atoms with Crippen molar-refractivity contribution in [3.05, 3.63) is 0 Å². The maximum Gasteiger partial charge on any atom is 0.145 e. The highest BCUT2D eigenvalue weighted by atomic mass is 35.5. The zero-order chi connectivity index (χ0) is 15.4. The Bertz CT molecular complexity index is 291. The molecular formula is C14H32Cl2N4O2. The zero-order valence-corrected chi connectivity index (χ0v) is 15.3. The molecule has 0 amide bonds. The monoisotopic (exact) mass is 358 g/mol. The summed E-state index contributed by atoms with van der Waals surface area (Å²) in [5.74, 6) is -0.327. The average Bonchev–Trinajstić information content (AvgIpc) is 2.40. The van der Waals surface area contributed by atoms with E-state index in [9.17, 15) is 9.59 Å². The van der Waals surface area contributed by atoms with Crippen LogP contribution in [0.25, 0.3) is 0 Å². The Morgan fingerprint density at radius 2 is 1.32 bits per heavy atom. The van der Waals surface area contributed by atoms with Gasteiger partial charge in [0.2, 0.25) is 0 Å². The van der Waals surface area contributed by atoms with E-state index >= 15 is 0 Å². The number of unbranched alkanes of at least 4 members (excludes halogenated alkanes) is 1. The first-order chi connectivity index (χ1) is 9.51. The van der Waals surface area contributed by atoms with Gasteiger partial charge in [-0.25, -0.2) is 0 Å². The Morgan fingerprint density at radius 3 is 1.73 bits per heavy atom. The van der Waals surface area contributed by atoms with E-state index in [4.69, 9.17) is 11.5 Å². The number of hydrogen-bond acceptors (Lipinski definition) is 6. The minimum atomic E-state index is -1.06. The fourth-order valence-electron chi connectivity index (χ4n) is 2.01. The summed E-state index contributed by atoms with van der Waals surface area (Å²) in [6, 6.07) is 0. The summed E-state index contributed by atoms with van der Waals surface area (Å²) in [7, 11) is 0. The summed E-state index contributed by atoms with van der Waals surface area (Å²) in [5, 5.41) is 6.48. The molecule has 6 N–H and O–H groups in total. The van der Waals surface area contributed by atoms with Gasteiger partial charge in [0.15, 0.2) is 0 Å². The van der Waals surface area contributed by atoms with Crippen molar-refractivity contribution in [1.29, 1.82) is 0 Å². The highest BCUT2D eigenvalue weighted by Gasteiger charge is 2.38. The van der Waals surface area contributed by atoms with Crippen LogP contribution in [0.4, 0.5) is 0 Å². The Labute approximate surface area is 146 Å². The molecule has 0 aromatic heterocycles. The lowest BCUT2D eigenvalue weighted by Gasteiger charge is -2.27. The number of hydrogen-bond donors (Lipinski definition) is 4. The van der Waals surface area contributed by atoms with E-state index in [2.05, 4.69) is 10.6 Å². The maximum atomic E-state index is 11.6. The van der Waals surface area contributed by atoms with Crippen molar-refractivity contribution in [2.45, 2.75) is 33.1 Å². The topological polar surface area (TPSA) is 110 Å². The van der Waals surface area contributed by atoms with Crippen LogP contribution in [0.15, 0.2) is 0 Å². The van der Waals surface area contributed by atoms with Crippen molar-refractivity contribution in [2.75, 3.05) is 39.3 Å². The molecule has 6 nitrogen and oxygen atoms in total. The molecule has 0 aliphatic rings. The molecule has 22 heavy (non-hydrogen) atoms. The average molecular weight is 359 g/mol. The van der Waals surface area contributed by atoms with Crippen LogP contribution in [0.3, 0.4) is 0 Å². The first-order valence-corrected chi connectivity index (χ1v) is 7.35. The summed E-state index contributed by atoms with van der Waals surface area (Å²) in [6.45, 7) is 6.65. The lowest BCUT2D eigenvalue weighted by molar-refractivity contribution is -0.137. The Morgan fingerprint density at radius 1 is 0.864 bits per heavy atom. The number of nitrogens with two attached hydrogens (primary N) is 2. The fourth-order valence-corrected chi connectivity index (χ4v) is 2.01. The Hall–Kier alpha value is -0.240. The van der Waals surface area contributed by atoms with E-state index in [1.807, 2.05) is 0 Å². The van der Waals surface area contributed by atoms with Gasteiger partial charge in [0, 0.05) is 13.1 Å². The van der Waals surface area contributed by atoms with Crippen LogP contribution >= 0.6 is 24.8 Å². The number of ketones is 2. The van der Waals surface area contributed by atoms with E-state index in [0.29, 0.717) is 13.1 Å². The molecule has 0 radical (unpaired) electrons. The molecule has 0 unspecified atom stereocenters. The van der Waals surface area contributed by atoms with Crippen molar-refractivity contribution in [3.63, 3.8) is 0 Å².